The first kappa shape index (κ1) is 18.8. The van der Waals surface area contributed by atoms with Gasteiger partial charge in [-0.25, -0.2) is 4.90 Å². The highest BCUT2D eigenvalue weighted by molar-refractivity contribution is 6.21. The van der Waals surface area contributed by atoms with Gasteiger partial charge in [0.1, 0.15) is 0 Å². The summed E-state index contributed by atoms with van der Waals surface area (Å²) in [4.78, 5) is 47.5. The molecule has 0 aliphatic carbocycles. The van der Waals surface area contributed by atoms with Gasteiger partial charge in [-0.3, -0.25) is 24.5 Å². The fraction of sp³-hybridized carbons (Fsp3) is 0.167. The van der Waals surface area contributed by atoms with Crippen molar-refractivity contribution in [3.8, 4) is 0 Å². The molecule has 0 aliphatic heterocycles. The minimum Gasteiger partial charge on any atom is -0.326 e. The van der Waals surface area contributed by atoms with Gasteiger partial charge >= 0.3 is 0 Å². The third-order valence-electron chi connectivity index (χ3n) is 3.59. The number of carbonyl (C=O) groups is 3. The highest BCUT2D eigenvalue weighted by atomic mass is 16.6. The molecule has 0 heterocycles. The topological polar surface area (TPSA) is 110 Å². The van der Waals surface area contributed by atoms with Gasteiger partial charge in [0.05, 0.1) is 10.6 Å². The van der Waals surface area contributed by atoms with Crippen LogP contribution in [0.1, 0.15) is 29.8 Å². The van der Waals surface area contributed by atoms with E-state index in [4.69, 9.17) is 0 Å². The van der Waals surface area contributed by atoms with Gasteiger partial charge in [-0.1, -0.05) is 12.1 Å². The second kappa shape index (κ2) is 7.56. The van der Waals surface area contributed by atoms with Gasteiger partial charge in [-0.15, -0.1) is 0 Å². The molecule has 0 bridgehead atoms. The number of hydrogen-bond donors (Lipinski definition) is 1. The molecule has 2 aromatic carbocycles. The Morgan fingerprint density at radius 3 is 2.35 bits per heavy atom. The Labute approximate surface area is 149 Å². The number of non-ortho nitro benzene ring substituents is 1. The van der Waals surface area contributed by atoms with E-state index in [0.717, 1.165) is 11.0 Å². The lowest BCUT2D eigenvalue weighted by atomic mass is 10.1. The van der Waals surface area contributed by atoms with Crippen molar-refractivity contribution in [1.82, 2.24) is 0 Å². The zero-order valence-electron chi connectivity index (χ0n) is 14.5. The minimum atomic E-state index is -0.690. The number of nitro benzene ring substituents is 1. The molecular weight excluding hydrogens is 338 g/mol. The number of imide groups is 1. The number of carbonyl (C=O) groups excluding carboxylic acids is 3. The Hall–Kier alpha value is -3.55. The van der Waals surface area contributed by atoms with Crippen molar-refractivity contribution < 1.29 is 19.3 Å². The molecule has 0 unspecified atom stereocenters. The lowest BCUT2D eigenvalue weighted by molar-refractivity contribution is -0.384. The van der Waals surface area contributed by atoms with Crippen LogP contribution < -0.4 is 10.2 Å². The van der Waals surface area contributed by atoms with E-state index in [1.54, 1.807) is 19.1 Å². The molecule has 8 nitrogen and oxygen atoms in total. The van der Waals surface area contributed by atoms with E-state index in [1.165, 1.54) is 38.1 Å². The fourth-order valence-electron chi connectivity index (χ4n) is 2.43. The number of aryl methyl sites for hydroxylation is 1. The van der Waals surface area contributed by atoms with E-state index >= 15 is 0 Å². The fourth-order valence-corrected chi connectivity index (χ4v) is 2.43. The van der Waals surface area contributed by atoms with Crippen molar-refractivity contribution in [2.45, 2.75) is 20.8 Å². The number of nitrogens with zero attached hydrogens (tertiary/aromatic N) is 2. The maximum atomic E-state index is 12.8. The largest absolute Gasteiger partial charge is 0.326 e. The van der Waals surface area contributed by atoms with Crippen LogP contribution in [0, 0.1) is 17.0 Å². The normalized spacial score (nSPS) is 10.1. The molecule has 2 aromatic rings. The predicted octanol–water partition coefficient (Wildman–Crippen LogP) is 3.05. The average Bonchev–Trinajstić information content (AvgIpc) is 2.57. The van der Waals surface area contributed by atoms with Crippen molar-refractivity contribution in [1.29, 1.82) is 0 Å². The summed E-state index contributed by atoms with van der Waals surface area (Å²) < 4.78 is 0. The molecule has 0 spiro atoms. The Balaban J connectivity index is 2.51. The summed E-state index contributed by atoms with van der Waals surface area (Å²) in [5.74, 6) is -1.53. The monoisotopic (exact) mass is 355 g/mol. The summed E-state index contributed by atoms with van der Waals surface area (Å²) in [5, 5.41) is 13.5. The Kier molecular flexibility index (Phi) is 5.46. The Morgan fingerprint density at radius 2 is 1.77 bits per heavy atom. The molecule has 26 heavy (non-hydrogen) atoms. The Morgan fingerprint density at radius 1 is 1.08 bits per heavy atom. The van der Waals surface area contributed by atoms with E-state index in [0.29, 0.717) is 16.9 Å². The molecule has 3 amide bonds. The lowest BCUT2D eigenvalue weighted by Crippen LogP contribution is -2.35. The zero-order chi connectivity index (χ0) is 19.4. The number of hydrogen-bond acceptors (Lipinski definition) is 5. The van der Waals surface area contributed by atoms with Crippen LogP contribution in [0.15, 0.2) is 42.5 Å². The van der Waals surface area contributed by atoms with Gasteiger partial charge < -0.3 is 5.32 Å². The van der Waals surface area contributed by atoms with Crippen LogP contribution in [0.4, 0.5) is 17.1 Å². The van der Waals surface area contributed by atoms with Crippen LogP contribution in [0.25, 0.3) is 0 Å². The van der Waals surface area contributed by atoms with Gasteiger partial charge in [0.25, 0.3) is 11.6 Å². The molecule has 0 aromatic heterocycles. The van der Waals surface area contributed by atoms with Gasteiger partial charge in [-0.2, -0.15) is 0 Å². The SMILES string of the molecule is CC(=O)Nc1ccc(C)c(N(C(C)=O)C(=O)c2cccc([N+](=O)[O-])c2)c1. The second-order valence-corrected chi connectivity index (χ2v) is 5.65. The number of rotatable bonds is 4. The van der Waals surface area contributed by atoms with Gasteiger partial charge in [0, 0.05) is 37.2 Å². The molecule has 0 saturated heterocycles. The summed E-state index contributed by atoms with van der Waals surface area (Å²) in [6.45, 7) is 4.28. The lowest BCUT2D eigenvalue weighted by Gasteiger charge is -2.22. The summed E-state index contributed by atoms with van der Waals surface area (Å²) in [6.07, 6.45) is 0. The summed E-state index contributed by atoms with van der Waals surface area (Å²) in [7, 11) is 0. The van der Waals surface area contributed by atoms with Gasteiger partial charge in [-0.05, 0) is 30.7 Å². The number of amides is 3. The van der Waals surface area contributed by atoms with Crippen molar-refractivity contribution in [2.24, 2.45) is 0 Å². The standard InChI is InChI=1S/C18H17N3O5/c1-11-7-8-15(19-12(2)22)10-17(11)20(13(3)23)18(24)14-5-4-6-16(9-14)21(25)26/h4-10H,1-3H3,(H,19,22). The molecule has 2 rings (SSSR count). The average molecular weight is 355 g/mol. The number of nitro groups is 1. The first-order valence-corrected chi connectivity index (χ1v) is 7.68. The molecule has 0 saturated carbocycles. The van der Waals surface area contributed by atoms with Crippen LogP contribution in [0.5, 0.6) is 0 Å². The number of anilines is 2. The van der Waals surface area contributed by atoms with Crippen molar-refractivity contribution in [3.63, 3.8) is 0 Å². The zero-order valence-corrected chi connectivity index (χ0v) is 14.5. The maximum absolute atomic E-state index is 12.8. The van der Waals surface area contributed by atoms with Crippen molar-refractivity contribution in [2.75, 3.05) is 10.2 Å². The molecule has 1 N–H and O–H groups in total. The summed E-state index contributed by atoms with van der Waals surface area (Å²) in [5.41, 5.74) is 1.12. The Bertz CT molecular complexity index is 907. The predicted molar refractivity (Wildman–Crippen MR) is 96.1 cm³/mol. The molecule has 0 fully saturated rings. The minimum absolute atomic E-state index is 0.0127. The smallest absolute Gasteiger partial charge is 0.270 e. The first-order chi connectivity index (χ1) is 12.2. The van der Waals surface area contributed by atoms with Crippen LogP contribution in [0.3, 0.4) is 0 Å². The first-order valence-electron chi connectivity index (χ1n) is 7.68. The van der Waals surface area contributed by atoms with Crippen LogP contribution >= 0.6 is 0 Å². The highest BCUT2D eigenvalue weighted by Crippen LogP contribution is 2.27. The maximum Gasteiger partial charge on any atom is 0.270 e. The van der Waals surface area contributed by atoms with Crippen molar-refractivity contribution >= 4 is 34.8 Å². The molecule has 0 radical (unpaired) electrons. The molecule has 0 aliphatic rings. The molecular formula is C18H17N3O5. The van der Waals surface area contributed by atoms with E-state index in [-0.39, 0.29) is 17.2 Å². The van der Waals surface area contributed by atoms with E-state index < -0.39 is 16.7 Å². The summed E-state index contributed by atoms with van der Waals surface area (Å²) in [6, 6.07) is 9.98. The van der Waals surface area contributed by atoms with Crippen LogP contribution in [0.2, 0.25) is 0 Å². The second-order valence-electron chi connectivity index (χ2n) is 5.65. The van der Waals surface area contributed by atoms with Crippen LogP contribution in [-0.2, 0) is 9.59 Å². The van der Waals surface area contributed by atoms with Gasteiger partial charge in [0.15, 0.2) is 0 Å². The third-order valence-corrected chi connectivity index (χ3v) is 3.59. The quantitative estimate of drug-likeness (QED) is 0.669. The van der Waals surface area contributed by atoms with Crippen molar-refractivity contribution in [3.05, 3.63) is 63.7 Å². The number of benzene rings is 2. The van der Waals surface area contributed by atoms with Crippen LogP contribution in [-0.4, -0.2) is 22.6 Å². The van der Waals surface area contributed by atoms with E-state index in [9.17, 15) is 24.5 Å². The summed E-state index contributed by atoms with van der Waals surface area (Å²) >= 11 is 0. The molecule has 8 heteroatoms. The highest BCUT2D eigenvalue weighted by Gasteiger charge is 2.25. The third kappa shape index (κ3) is 4.10. The van der Waals surface area contributed by atoms with E-state index in [1.807, 2.05) is 0 Å². The van der Waals surface area contributed by atoms with E-state index in [2.05, 4.69) is 5.32 Å². The van der Waals surface area contributed by atoms with Gasteiger partial charge in [0.2, 0.25) is 11.8 Å². The molecule has 134 valence electrons. The molecule has 0 atom stereocenters. The number of nitrogens with one attached hydrogen (secondary N) is 1.